The van der Waals surface area contributed by atoms with Crippen molar-refractivity contribution >= 4 is 17.9 Å². The molecule has 0 aromatic heterocycles. The highest BCUT2D eigenvalue weighted by molar-refractivity contribution is 5.71. The number of allylic oxidation sites excluding steroid dienone is 16. The lowest BCUT2D eigenvalue weighted by molar-refractivity contribution is -0.167. The molecular formula is C57H94O6. The molecule has 0 saturated carbocycles. The second-order valence-corrected chi connectivity index (χ2v) is 16.7. The first kappa shape index (κ1) is 59.3. The van der Waals surface area contributed by atoms with Crippen LogP contribution in [0.2, 0.25) is 0 Å². The Morgan fingerprint density at radius 3 is 0.968 bits per heavy atom. The number of carbonyl (C=O) groups excluding carboxylic acids is 3. The Kier molecular flexibility index (Phi) is 48.0. The van der Waals surface area contributed by atoms with E-state index >= 15 is 0 Å². The molecule has 1 unspecified atom stereocenters. The van der Waals surface area contributed by atoms with Crippen LogP contribution < -0.4 is 0 Å². The Bertz CT molecular complexity index is 1280. The highest BCUT2D eigenvalue weighted by Crippen LogP contribution is 2.13. The Labute approximate surface area is 387 Å². The average molecular weight is 875 g/mol. The minimum absolute atomic E-state index is 0.0887. The van der Waals surface area contributed by atoms with Gasteiger partial charge in [0.15, 0.2) is 6.10 Å². The fraction of sp³-hybridized carbons (Fsp3) is 0.667. The molecule has 0 aliphatic carbocycles. The van der Waals surface area contributed by atoms with Gasteiger partial charge in [0.2, 0.25) is 0 Å². The van der Waals surface area contributed by atoms with Crippen LogP contribution in [0.15, 0.2) is 97.2 Å². The van der Waals surface area contributed by atoms with Crippen molar-refractivity contribution in [2.45, 2.75) is 232 Å². The molecule has 1 atom stereocenters. The van der Waals surface area contributed by atoms with Crippen molar-refractivity contribution in [2.24, 2.45) is 0 Å². The Hall–Kier alpha value is -3.67. The summed E-state index contributed by atoms with van der Waals surface area (Å²) < 4.78 is 16.7. The summed E-state index contributed by atoms with van der Waals surface area (Å²) in [6.45, 7) is 6.34. The summed E-state index contributed by atoms with van der Waals surface area (Å²) in [5.74, 6) is -0.927. The molecule has 0 radical (unpaired) electrons. The van der Waals surface area contributed by atoms with E-state index in [1.54, 1.807) is 0 Å². The zero-order valence-corrected chi connectivity index (χ0v) is 40.8. The summed E-state index contributed by atoms with van der Waals surface area (Å²) in [5, 5.41) is 0. The van der Waals surface area contributed by atoms with Crippen molar-refractivity contribution in [3.8, 4) is 0 Å². The van der Waals surface area contributed by atoms with Crippen LogP contribution in [0.5, 0.6) is 0 Å². The van der Waals surface area contributed by atoms with Gasteiger partial charge in [-0.15, -0.1) is 0 Å². The van der Waals surface area contributed by atoms with Crippen molar-refractivity contribution < 1.29 is 28.6 Å². The molecule has 0 rings (SSSR count). The summed E-state index contributed by atoms with van der Waals surface area (Å²) in [4.78, 5) is 37.8. The van der Waals surface area contributed by atoms with Gasteiger partial charge in [-0.3, -0.25) is 14.4 Å². The Morgan fingerprint density at radius 2 is 0.619 bits per heavy atom. The fourth-order valence-corrected chi connectivity index (χ4v) is 6.78. The molecule has 358 valence electrons. The first-order valence-electron chi connectivity index (χ1n) is 25.7. The highest BCUT2D eigenvalue weighted by Gasteiger charge is 2.19. The Balaban J connectivity index is 4.32. The van der Waals surface area contributed by atoms with Crippen molar-refractivity contribution in [1.82, 2.24) is 0 Å². The van der Waals surface area contributed by atoms with Crippen LogP contribution in [0.4, 0.5) is 0 Å². The molecule has 0 aromatic carbocycles. The van der Waals surface area contributed by atoms with Crippen LogP contribution in [0.25, 0.3) is 0 Å². The summed E-state index contributed by atoms with van der Waals surface area (Å²) in [6.07, 6.45) is 66.9. The summed E-state index contributed by atoms with van der Waals surface area (Å²) in [7, 11) is 0. The van der Waals surface area contributed by atoms with E-state index in [0.717, 1.165) is 135 Å². The van der Waals surface area contributed by atoms with Crippen LogP contribution in [-0.2, 0) is 28.6 Å². The molecule has 63 heavy (non-hydrogen) atoms. The lowest BCUT2D eigenvalue weighted by Gasteiger charge is -2.18. The molecule has 0 bridgehead atoms. The summed E-state index contributed by atoms with van der Waals surface area (Å²) >= 11 is 0. The number of rotatable bonds is 45. The minimum Gasteiger partial charge on any atom is -0.462 e. The molecule has 0 aliphatic rings. The van der Waals surface area contributed by atoms with Crippen LogP contribution >= 0.6 is 0 Å². The fourth-order valence-electron chi connectivity index (χ4n) is 6.78. The molecule has 6 heteroatoms. The third-order valence-electron chi connectivity index (χ3n) is 10.6. The Morgan fingerprint density at radius 1 is 0.333 bits per heavy atom. The minimum atomic E-state index is -0.789. The van der Waals surface area contributed by atoms with Gasteiger partial charge in [-0.05, 0) is 96.3 Å². The summed E-state index contributed by atoms with van der Waals surface area (Å²) in [5.41, 5.74) is 0. The van der Waals surface area contributed by atoms with Crippen LogP contribution in [0.3, 0.4) is 0 Å². The third kappa shape index (κ3) is 49.2. The van der Waals surface area contributed by atoms with Gasteiger partial charge in [-0.2, -0.15) is 0 Å². The molecule has 0 amide bonds. The maximum atomic E-state index is 12.8. The molecule has 6 nitrogen and oxygen atoms in total. The lowest BCUT2D eigenvalue weighted by Crippen LogP contribution is -2.30. The quantitative estimate of drug-likeness (QED) is 0.0262. The second kappa shape index (κ2) is 51.0. The predicted octanol–water partition coefficient (Wildman–Crippen LogP) is 17.0. The van der Waals surface area contributed by atoms with Crippen molar-refractivity contribution in [1.29, 1.82) is 0 Å². The zero-order chi connectivity index (χ0) is 45.8. The number of carbonyl (C=O) groups is 3. The molecular weight excluding hydrogens is 781 g/mol. The van der Waals surface area contributed by atoms with E-state index in [0.29, 0.717) is 19.3 Å². The van der Waals surface area contributed by atoms with Gasteiger partial charge in [-0.1, -0.05) is 208 Å². The second-order valence-electron chi connectivity index (χ2n) is 16.7. The van der Waals surface area contributed by atoms with Crippen molar-refractivity contribution in [3.05, 3.63) is 97.2 Å². The number of ether oxygens (including phenoxy) is 3. The normalized spacial score (nSPS) is 12.9. The van der Waals surface area contributed by atoms with E-state index < -0.39 is 6.10 Å². The predicted molar refractivity (Wildman–Crippen MR) is 270 cm³/mol. The van der Waals surface area contributed by atoms with E-state index in [9.17, 15) is 14.4 Å². The molecule has 0 saturated heterocycles. The van der Waals surface area contributed by atoms with Gasteiger partial charge >= 0.3 is 17.9 Å². The molecule has 0 aliphatic heterocycles. The van der Waals surface area contributed by atoms with Gasteiger partial charge in [-0.25, -0.2) is 0 Å². The molecule has 0 aromatic rings. The first-order valence-corrected chi connectivity index (χ1v) is 25.7. The average Bonchev–Trinajstić information content (AvgIpc) is 3.28. The van der Waals surface area contributed by atoms with E-state index in [-0.39, 0.29) is 31.1 Å². The number of esters is 3. The largest absolute Gasteiger partial charge is 0.462 e. The maximum Gasteiger partial charge on any atom is 0.306 e. The lowest BCUT2D eigenvalue weighted by atomic mass is 10.1. The standard InChI is InChI=1S/C57H94O6/c1-4-7-10-13-16-18-20-22-24-26-28-30-32-34-36-38-41-44-47-50-56(59)62-53-54(52-61-55(58)49-46-43-40-15-12-9-6-3)63-57(60)51-48-45-42-39-37-35-33-31-29-27-25-23-21-19-17-14-11-8-5-2/h7-8,10-11,16-19,22-25,28-31,54H,4-6,9,12-15,20-21,26-27,32-53H2,1-3H3/b10-7-,11-8-,18-16-,19-17-,24-22-,25-23-,30-28-,31-29-. The first-order chi connectivity index (χ1) is 31.0. The van der Waals surface area contributed by atoms with E-state index in [1.807, 2.05) is 0 Å². The monoisotopic (exact) mass is 875 g/mol. The SMILES string of the molecule is CC/C=C\C/C=C\C/C=C\C/C=C\CCCCCCCCC(=O)OCC(COC(=O)CCCCCCCCC)OC(=O)CCCCCCCC/C=C\C/C=C\C/C=C\C/C=C\CC. The van der Waals surface area contributed by atoms with Gasteiger partial charge in [0.25, 0.3) is 0 Å². The van der Waals surface area contributed by atoms with Crippen molar-refractivity contribution in [3.63, 3.8) is 0 Å². The van der Waals surface area contributed by atoms with Crippen LogP contribution in [0, 0.1) is 0 Å². The zero-order valence-electron chi connectivity index (χ0n) is 40.8. The smallest absolute Gasteiger partial charge is 0.306 e. The van der Waals surface area contributed by atoms with Crippen molar-refractivity contribution in [2.75, 3.05) is 13.2 Å². The van der Waals surface area contributed by atoms with E-state index in [2.05, 4.69) is 118 Å². The van der Waals surface area contributed by atoms with E-state index in [4.69, 9.17) is 14.2 Å². The summed E-state index contributed by atoms with van der Waals surface area (Å²) in [6, 6.07) is 0. The van der Waals surface area contributed by atoms with Gasteiger partial charge in [0.05, 0.1) is 0 Å². The highest BCUT2D eigenvalue weighted by atomic mass is 16.6. The molecule has 0 spiro atoms. The van der Waals surface area contributed by atoms with Crippen LogP contribution in [-0.4, -0.2) is 37.2 Å². The van der Waals surface area contributed by atoms with Gasteiger partial charge in [0, 0.05) is 19.3 Å². The molecule has 0 N–H and O–H groups in total. The molecule has 0 heterocycles. The number of unbranched alkanes of at least 4 members (excludes halogenated alkanes) is 18. The van der Waals surface area contributed by atoms with Crippen LogP contribution in [0.1, 0.15) is 226 Å². The van der Waals surface area contributed by atoms with Gasteiger partial charge in [0.1, 0.15) is 13.2 Å². The number of hydrogen-bond donors (Lipinski definition) is 0. The van der Waals surface area contributed by atoms with Gasteiger partial charge < -0.3 is 14.2 Å². The van der Waals surface area contributed by atoms with E-state index in [1.165, 1.54) is 51.4 Å². The molecule has 0 fully saturated rings. The number of hydrogen-bond acceptors (Lipinski definition) is 6. The third-order valence-corrected chi connectivity index (χ3v) is 10.6. The maximum absolute atomic E-state index is 12.8. The topological polar surface area (TPSA) is 78.9 Å².